The first kappa shape index (κ1) is 20.7. The predicted molar refractivity (Wildman–Crippen MR) is 107 cm³/mol. The van der Waals surface area contributed by atoms with Crippen LogP contribution in [0.5, 0.6) is 0 Å². The molecule has 0 radical (unpaired) electrons. The minimum atomic E-state index is -0.768. The van der Waals surface area contributed by atoms with Gasteiger partial charge in [0.2, 0.25) is 11.7 Å². The second-order valence-corrected chi connectivity index (χ2v) is 7.90. The Morgan fingerprint density at radius 3 is 2.60 bits per heavy atom. The molecule has 30 heavy (non-hydrogen) atoms. The van der Waals surface area contributed by atoms with Crippen molar-refractivity contribution in [3.63, 3.8) is 0 Å². The van der Waals surface area contributed by atoms with Crippen LogP contribution in [-0.4, -0.2) is 56.0 Å². The Balaban J connectivity index is 1.59. The molecule has 2 aliphatic heterocycles. The maximum atomic E-state index is 13.0. The summed E-state index contributed by atoms with van der Waals surface area (Å²) in [6, 6.07) is 9.19. The number of carbonyl (C=O) groups is 2. The summed E-state index contributed by atoms with van der Waals surface area (Å²) in [6.45, 7) is 4.59. The SMILES string of the molecule is O=C(C1=C([O-])C(=O)N(CCC[NH+]2CCOCC2)C1c1ccc(Cl)cc1)c1ccco1. The number of hydrogen-bond acceptors (Lipinski definition) is 5. The Bertz CT molecular complexity index is 933. The van der Waals surface area contributed by atoms with Gasteiger partial charge in [-0.2, -0.15) is 0 Å². The molecular weight excluding hydrogens is 408 g/mol. The molecule has 2 aliphatic rings. The molecule has 7 nitrogen and oxygen atoms in total. The summed E-state index contributed by atoms with van der Waals surface area (Å²) in [7, 11) is 0. The van der Waals surface area contributed by atoms with Crippen LogP contribution < -0.4 is 10.0 Å². The lowest BCUT2D eigenvalue weighted by atomic mass is 9.95. The fourth-order valence-corrected chi connectivity index (χ4v) is 4.17. The molecule has 4 rings (SSSR count). The standard InChI is InChI=1S/C22H23ClN2O5/c23-16-6-4-15(5-7-16)19-18(20(26)17-3-1-12-30-17)21(27)22(28)25(19)9-2-8-24-10-13-29-14-11-24/h1,3-7,12,19,27H,2,8-11,13-14H2. The second-order valence-electron chi connectivity index (χ2n) is 7.47. The molecule has 2 aromatic rings. The molecule has 3 heterocycles. The first-order valence-electron chi connectivity index (χ1n) is 10.0. The Kier molecular flexibility index (Phi) is 6.22. The molecule has 1 amide bonds. The number of nitrogens with zero attached hydrogens (tertiary/aromatic N) is 1. The van der Waals surface area contributed by atoms with Crippen molar-refractivity contribution in [3.8, 4) is 0 Å². The van der Waals surface area contributed by atoms with Crippen LogP contribution in [0.3, 0.4) is 0 Å². The monoisotopic (exact) mass is 430 g/mol. The van der Waals surface area contributed by atoms with E-state index >= 15 is 0 Å². The average molecular weight is 431 g/mol. The van der Waals surface area contributed by atoms with E-state index in [2.05, 4.69) is 0 Å². The summed E-state index contributed by atoms with van der Waals surface area (Å²) in [6.07, 6.45) is 2.09. The van der Waals surface area contributed by atoms with Crippen LogP contribution in [0.1, 0.15) is 28.6 Å². The number of hydrogen-bond donors (Lipinski definition) is 1. The fourth-order valence-electron chi connectivity index (χ4n) is 4.04. The molecule has 1 aromatic heterocycles. The number of quaternary nitrogens is 1. The van der Waals surface area contributed by atoms with E-state index in [9.17, 15) is 14.7 Å². The molecule has 1 fully saturated rings. The lowest BCUT2D eigenvalue weighted by Gasteiger charge is -2.29. The van der Waals surface area contributed by atoms with Gasteiger partial charge >= 0.3 is 0 Å². The number of ketones is 1. The second kappa shape index (κ2) is 9.04. The van der Waals surface area contributed by atoms with Gasteiger partial charge in [0.1, 0.15) is 13.1 Å². The van der Waals surface area contributed by atoms with Crippen molar-refractivity contribution >= 4 is 23.3 Å². The van der Waals surface area contributed by atoms with Crippen molar-refractivity contribution < 1.29 is 28.7 Å². The van der Waals surface area contributed by atoms with Crippen LogP contribution in [0.25, 0.3) is 0 Å². The highest BCUT2D eigenvalue weighted by molar-refractivity contribution is 6.30. The van der Waals surface area contributed by atoms with E-state index in [0.29, 0.717) is 17.1 Å². The smallest absolute Gasteiger partial charge is 0.239 e. The van der Waals surface area contributed by atoms with Gasteiger partial charge in [0.05, 0.1) is 32.1 Å². The van der Waals surface area contributed by atoms with Crippen molar-refractivity contribution in [1.29, 1.82) is 0 Å². The molecule has 0 aliphatic carbocycles. The number of halogens is 1. The van der Waals surface area contributed by atoms with Gasteiger partial charge in [-0.3, -0.25) is 9.59 Å². The summed E-state index contributed by atoms with van der Waals surface area (Å²) in [5, 5.41) is 13.4. The van der Waals surface area contributed by atoms with Crippen LogP contribution in [-0.2, 0) is 9.53 Å². The van der Waals surface area contributed by atoms with Crippen molar-refractivity contribution in [2.24, 2.45) is 0 Å². The summed E-state index contributed by atoms with van der Waals surface area (Å²) in [5.41, 5.74) is 0.600. The number of amides is 1. The van der Waals surface area contributed by atoms with Gasteiger partial charge in [-0.25, -0.2) is 0 Å². The van der Waals surface area contributed by atoms with Crippen LogP contribution in [0.2, 0.25) is 5.02 Å². The number of ether oxygens (including phenoxy) is 1. The lowest BCUT2D eigenvalue weighted by Crippen LogP contribution is -3.14. The zero-order valence-corrected chi connectivity index (χ0v) is 17.2. The molecule has 1 aromatic carbocycles. The van der Waals surface area contributed by atoms with Gasteiger partial charge in [0.25, 0.3) is 0 Å². The fraction of sp³-hybridized carbons (Fsp3) is 0.364. The lowest BCUT2D eigenvalue weighted by molar-refractivity contribution is -0.908. The Hall–Kier alpha value is -2.61. The molecule has 1 unspecified atom stereocenters. The molecule has 1 atom stereocenters. The van der Waals surface area contributed by atoms with Crippen LogP contribution in [0, 0.1) is 0 Å². The quantitative estimate of drug-likeness (QED) is 0.651. The molecule has 0 saturated carbocycles. The van der Waals surface area contributed by atoms with E-state index < -0.39 is 23.5 Å². The summed E-state index contributed by atoms with van der Waals surface area (Å²) in [4.78, 5) is 28.8. The predicted octanol–water partition coefficient (Wildman–Crippen LogP) is 0.619. The van der Waals surface area contributed by atoms with Crippen molar-refractivity contribution in [3.05, 3.63) is 70.3 Å². The Morgan fingerprint density at radius 1 is 1.20 bits per heavy atom. The van der Waals surface area contributed by atoms with Crippen LogP contribution in [0.15, 0.2) is 58.4 Å². The normalized spacial score (nSPS) is 20.2. The van der Waals surface area contributed by atoms with Gasteiger partial charge in [0, 0.05) is 23.6 Å². The van der Waals surface area contributed by atoms with Gasteiger partial charge in [-0.05, 0) is 35.6 Å². The molecule has 8 heteroatoms. The van der Waals surface area contributed by atoms with E-state index in [-0.39, 0.29) is 11.3 Å². The zero-order chi connectivity index (χ0) is 21.1. The number of furan rings is 1. The highest BCUT2D eigenvalue weighted by Crippen LogP contribution is 2.38. The highest BCUT2D eigenvalue weighted by Gasteiger charge is 2.40. The summed E-state index contributed by atoms with van der Waals surface area (Å²) >= 11 is 6.01. The maximum absolute atomic E-state index is 13.0. The number of carbonyl (C=O) groups excluding carboxylic acids is 2. The third-order valence-corrected chi connectivity index (χ3v) is 5.84. The van der Waals surface area contributed by atoms with Crippen LogP contribution >= 0.6 is 11.6 Å². The van der Waals surface area contributed by atoms with Crippen molar-refractivity contribution in [1.82, 2.24) is 4.90 Å². The number of morpholine rings is 1. The van der Waals surface area contributed by atoms with Gasteiger partial charge in [0.15, 0.2) is 5.76 Å². The molecule has 0 spiro atoms. The van der Waals surface area contributed by atoms with Gasteiger partial charge in [-0.15, -0.1) is 0 Å². The third kappa shape index (κ3) is 4.14. The molecule has 1 saturated heterocycles. The van der Waals surface area contributed by atoms with Crippen LogP contribution in [0.4, 0.5) is 0 Å². The average Bonchev–Trinajstić information content (AvgIpc) is 3.38. The number of benzene rings is 1. The number of rotatable bonds is 7. The highest BCUT2D eigenvalue weighted by atomic mass is 35.5. The van der Waals surface area contributed by atoms with Gasteiger partial charge < -0.3 is 24.1 Å². The summed E-state index contributed by atoms with van der Waals surface area (Å²) in [5.74, 6) is -1.93. The molecule has 0 bridgehead atoms. The largest absolute Gasteiger partial charge is 0.868 e. The molecule has 1 N–H and O–H groups in total. The van der Waals surface area contributed by atoms with Crippen molar-refractivity contribution in [2.45, 2.75) is 12.5 Å². The Labute approximate surface area is 179 Å². The minimum Gasteiger partial charge on any atom is -0.868 e. The first-order chi connectivity index (χ1) is 14.6. The van der Waals surface area contributed by atoms with E-state index in [4.69, 9.17) is 20.8 Å². The number of nitrogens with one attached hydrogen (secondary N) is 1. The number of Topliss-reactive ketones (excluding diaryl/α,β-unsaturated/α-hetero) is 1. The Morgan fingerprint density at radius 2 is 1.93 bits per heavy atom. The van der Waals surface area contributed by atoms with Gasteiger partial charge in [-0.1, -0.05) is 23.7 Å². The topological polar surface area (TPSA) is 87.2 Å². The maximum Gasteiger partial charge on any atom is 0.239 e. The summed E-state index contributed by atoms with van der Waals surface area (Å²) < 4.78 is 10.6. The van der Waals surface area contributed by atoms with E-state index in [0.717, 1.165) is 39.3 Å². The molecular formula is C22H23ClN2O5. The van der Waals surface area contributed by atoms with Crippen molar-refractivity contribution in [2.75, 3.05) is 39.4 Å². The minimum absolute atomic E-state index is 0.0460. The first-order valence-corrected chi connectivity index (χ1v) is 10.4. The van der Waals surface area contributed by atoms with E-state index in [1.165, 1.54) is 22.1 Å². The third-order valence-electron chi connectivity index (χ3n) is 5.59. The zero-order valence-electron chi connectivity index (χ0n) is 16.4. The van der Waals surface area contributed by atoms with E-state index in [1.54, 1.807) is 30.3 Å². The van der Waals surface area contributed by atoms with E-state index in [1.807, 2.05) is 0 Å². The molecule has 158 valence electrons.